The lowest BCUT2D eigenvalue weighted by molar-refractivity contribution is -0.122. The molecule has 0 spiro atoms. The summed E-state index contributed by atoms with van der Waals surface area (Å²) in [6.45, 7) is 3.48. The van der Waals surface area contributed by atoms with Gasteiger partial charge in [-0.2, -0.15) is 0 Å². The molecule has 1 amide bonds. The lowest BCUT2D eigenvalue weighted by Crippen LogP contribution is -2.32. The van der Waals surface area contributed by atoms with Gasteiger partial charge in [-0.05, 0) is 31.5 Å². The molecule has 0 aliphatic rings. The van der Waals surface area contributed by atoms with E-state index in [1.54, 1.807) is 31.4 Å². The Kier molecular flexibility index (Phi) is 5.91. The van der Waals surface area contributed by atoms with Crippen LogP contribution in [0.2, 0.25) is 5.02 Å². The highest BCUT2D eigenvalue weighted by atomic mass is 35.5. The normalized spacial score (nSPS) is 11.2. The molecular weight excluding hydrogens is 369 g/mol. The molecule has 0 fully saturated rings. The van der Waals surface area contributed by atoms with Gasteiger partial charge in [-0.3, -0.25) is 4.79 Å². The van der Waals surface area contributed by atoms with Crippen molar-refractivity contribution in [3.63, 3.8) is 0 Å². The second kappa shape index (κ2) is 7.55. The number of alkyl halides is 1. The molecule has 7 heteroatoms. The van der Waals surface area contributed by atoms with Crippen LogP contribution in [0.4, 0.5) is 5.69 Å². The summed E-state index contributed by atoms with van der Waals surface area (Å²) in [5.41, 5.74) is 1.23. The Morgan fingerprint density at radius 2 is 1.88 bits per heavy atom. The molecule has 2 rings (SSSR count). The molecule has 0 aliphatic heterocycles. The van der Waals surface area contributed by atoms with Gasteiger partial charge < -0.3 is 10.1 Å². The Bertz CT molecular complexity index is 754. The van der Waals surface area contributed by atoms with E-state index < -0.39 is 11.4 Å². The maximum absolute atomic E-state index is 12.5. The van der Waals surface area contributed by atoms with E-state index in [1.807, 2.05) is 12.1 Å². The van der Waals surface area contributed by atoms with E-state index in [9.17, 15) is 9.59 Å². The monoisotopic (exact) mass is 385 g/mol. The molecule has 0 aliphatic carbocycles. The zero-order valence-corrected chi connectivity index (χ0v) is 15.8. The van der Waals surface area contributed by atoms with E-state index in [0.717, 1.165) is 11.1 Å². The third kappa shape index (κ3) is 3.91. The number of carbonyl (C=O) groups is 2. The second-order valence-corrected chi connectivity index (χ2v) is 7.41. The number of methoxy groups -OCH3 is 1. The predicted octanol–water partition coefficient (Wildman–Crippen LogP) is 5.06. The lowest BCUT2D eigenvalue weighted by atomic mass is 9.95. The van der Waals surface area contributed by atoms with E-state index in [2.05, 4.69) is 5.32 Å². The summed E-state index contributed by atoms with van der Waals surface area (Å²) < 4.78 is 4.81. The molecule has 1 aromatic heterocycles. The fourth-order valence-corrected chi connectivity index (χ4v) is 3.11. The first-order chi connectivity index (χ1) is 11.3. The van der Waals surface area contributed by atoms with Crippen molar-refractivity contribution in [1.82, 2.24) is 0 Å². The number of ether oxygens (including phenoxy) is 1. The topological polar surface area (TPSA) is 55.4 Å². The average molecular weight is 386 g/mol. The van der Waals surface area contributed by atoms with Gasteiger partial charge in [0.1, 0.15) is 4.88 Å². The molecule has 0 atom stereocenters. The molecule has 2 aromatic rings. The highest BCUT2D eigenvalue weighted by Crippen LogP contribution is 2.38. The minimum absolute atomic E-state index is 0.160. The highest BCUT2D eigenvalue weighted by molar-refractivity contribution is 7.13. The minimum atomic E-state index is -0.770. The Labute approximate surface area is 154 Å². The van der Waals surface area contributed by atoms with Crippen LogP contribution in [0.5, 0.6) is 0 Å². The molecule has 0 unspecified atom stereocenters. The van der Waals surface area contributed by atoms with Gasteiger partial charge in [0.2, 0.25) is 5.91 Å². The summed E-state index contributed by atoms with van der Waals surface area (Å²) in [7, 11) is 1.30. The second-order valence-electron chi connectivity index (χ2n) is 5.82. The average Bonchev–Trinajstić information content (AvgIpc) is 2.98. The zero-order valence-electron chi connectivity index (χ0n) is 13.5. The third-order valence-electron chi connectivity index (χ3n) is 3.50. The quantitative estimate of drug-likeness (QED) is 0.577. The van der Waals surface area contributed by atoms with Crippen molar-refractivity contribution in [2.24, 2.45) is 5.41 Å². The molecule has 24 heavy (non-hydrogen) atoms. The third-order valence-corrected chi connectivity index (χ3v) is 5.38. The van der Waals surface area contributed by atoms with Crippen molar-refractivity contribution >= 4 is 52.1 Å². The van der Waals surface area contributed by atoms with Crippen LogP contribution in [-0.2, 0) is 9.53 Å². The Hall–Kier alpha value is -1.56. The van der Waals surface area contributed by atoms with Gasteiger partial charge in [-0.25, -0.2) is 4.79 Å². The number of nitrogens with one attached hydrogen (secondary N) is 1. The number of hydrogen-bond donors (Lipinski definition) is 1. The first-order valence-electron chi connectivity index (χ1n) is 7.13. The number of carbonyl (C=O) groups excluding carboxylic acids is 2. The summed E-state index contributed by atoms with van der Waals surface area (Å²) in [4.78, 5) is 24.9. The number of halogens is 2. The first kappa shape index (κ1) is 18.8. The van der Waals surface area contributed by atoms with Crippen molar-refractivity contribution in [2.75, 3.05) is 18.3 Å². The van der Waals surface area contributed by atoms with Crippen molar-refractivity contribution < 1.29 is 14.3 Å². The zero-order chi connectivity index (χ0) is 17.9. The molecule has 0 saturated carbocycles. The van der Waals surface area contributed by atoms with Gasteiger partial charge >= 0.3 is 5.97 Å². The molecule has 0 saturated heterocycles. The molecule has 1 N–H and O–H groups in total. The van der Waals surface area contributed by atoms with E-state index >= 15 is 0 Å². The lowest BCUT2D eigenvalue weighted by Gasteiger charge is -2.21. The summed E-state index contributed by atoms with van der Waals surface area (Å²) in [5.74, 6) is -0.609. The summed E-state index contributed by atoms with van der Waals surface area (Å²) >= 11 is 13.0. The number of benzene rings is 1. The SMILES string of the molecule is COC(=O)c1scc(-c2ccc(Cl)cc2)c1NC(=O)C(C)(C)CCl. The van der Waals surface area contributed by atoms with Gasteiger partial charge in [0.25, 0.3) is 0 Å². The van der Waals surface area contributed by atoms with Crippen LogP contribution >= 0.6 is 34.5 Å². The summed E-state index contributed by atoms with van der Waals surface area (Å²) in [6, 6.07) is 7.16. The van der Waals surface area contributed by atoms with E-state index in [4.69, 9.17) is 27.9 Å². The molecule has 0 bridgehead atoms. The number of thiophene rings is 1. The van der Waals surface area contributed by atoms with Crippen LogP contribution in [-0.4, -0.2) is 24.9 Å². The van der Waals surface area contributed by atoms with Crippen molar-refractivity contribution in [2.45, 2.75) is 13.8 Å². The van der Waals surface area contributed by atoms with Crippen molar-refractivity contribution in [3.05, 3.63) is 39.5 Å². The van der Waals surface area contributed by atoms with Crippen LogP contribution in [0.25, 0.3) is 11.1 Å². The van der Waals surface area contributed by atoms with Gasteiger partial charge in [-0.15, -0.1) is 22.9 Å². The van der Waals surface area contributed by atoms with Crippen LogP contribution in [0.3, 0.4) is 0 Å². The number of anilines is 1. The molecule has 1 aromatic carbocycles. The van der Waals surface area contributed by atoms with Gasteiger partial charge in [0, 0.05) is 21.8 Å². The first-order valence-corrected chi connectivity index (χ1v) is 8.92. The molecule has 0 radical (unpaired) electrons. The highest BCUT2D eigenvalue weighted by Gasteiger charge is 2.29. The molecular formula is C17H17Cl2NO3S. The number of rotatable bonds is 5. The number of amides is 1. The summed E-state index contributed by atoms with van der Waals surface area (Å²) in [6.07, 6.45) is 0. The standard InChI is InChI=1S/C17H17Cl2NO3S/c1-17(2,9-18)16(22)20-13-12(8-24-14(13)15(21)23-3)10-4-6-11(19)7-5-10/h4-8H,9H2,1-3H3,(H,20,22). The largest absolute Gasteiger partial charge is 0.465 e. The fourth-order valence-electron chi connectivity index (χ4n) is 1.91. The molecule has 1 heterocycles. The van der Waals surface area contributed by atoms with Crippen LogP contribution in [0, 0.1) is 5.41 Å². The van der Waals surface area contributed by atoms with Crippen molar-refractivity contribution in [1.29, 1.82) is 0 Å². The van der Waals surface area contributed by atoms with Gasteiger partial charge in [0.15, 0.2) is 0 Å². The maximum Gasteiger partial charge on any atom is 0.350 e. The van der Waals surface area contributed by atoms with E-state index in [1.165, 1.54) is 18.4 Å². The smallest absolute Gasteiger partial charge is 0.350 e. The Balaban J connectivity index is 2.49. The van der Waals surface area contributed by atoms with Crippen LogP contribution in [0.15, 0.2) is 29.6 Å². The van der Waals surface area contributed by atoms with Gasteiger partial charge in [-0.1, -0.05) is 23.7 Å². The summed E-state index contributed by atoms with van der Waals surface area (Å²) in [5, 5.41) is 5.24. The van der Waals surface area contributed by atoms with E-state index in [-0.39, 0.29) is 11.8 Å². The van der Waals surface area contributed by atoms with Crippen LogP contribution in [0.1, 0.15) is 23.5 Å². The Morgan fingerprint density at radius 1 is 1.25 bits per heavy atom. The minimum Gasteiger partial charge on any atom is -0.465 e. The van der Waals surface area contributed by atoms with Crippen molar-refractivity contribution in [3.8, 4) is 11.1 Å². The predicted molar refractivity (Wildman–Crippen MR) is 99.2 cm³/mol. The number of esters is 1. The molecule has 4 nitrogen and oxygen atoms in total. The van der Waals surface area contributed by atoms with E-state index in [0.29, 0.717) is 15.6 Å². The van der Waals surface area contributed by atoms with Crippen LogP contribution < -0.4 is 5.32 Å². The maximum atomic E-state index is 12.5. The Morgan fingerprint density at radius 3 is 2.42 bits per heavy atom. The van der Waals surface area contributed by atoms with Gasteiger partial charge in [0.05, 0.1) is 18.2 Å². The molecule has 128 valence electrons. The number of hydrogen-bond acceptors (Lipinski definition) is 4. The fraction of sp³-hybridized carbons (Fsp3) is 0.294.